The Morgan fingerprint density at radius 1 is 1.58 bits per heavy atom. The number of hydrogen-bond acceptors (Lipinski definition) is 5. The topological polar surface area (TPSA) is 92.5 Å². The second-order valence-electron chi connectivity index (χ2n) is 4.40. The summed E-state index contributed by atoms with van der Waals surface area (Å²) >= 11 is 1.89. The lowest BCUT2D eigenvalue weighted by atomic mass is 10.1. The first-order chi connectivity index (χ1) is 9.08. The molecule has 2 rings (SSSR count). The fourth-order valence-electron chi connectivity index (χ4n) is 1.98. The summed E-state index contributed by atoms with van der Waals surface area (Å²) < 4.78 is 0. The maximum Gasteiger partial charge on any atom is 0.338 e. The Hall–Kier alpha value is -1.76. The molecule has 102 valence electrons. The highest BCUT2D eigenvalue weighted by Crippen LogP contribution is 2.26. The van der Waals surface area contributed by atoms with Crippen molar-refractivity contribution in [1.29, 1.82) is 0 Å². The summed E-state index contributed by atoms with van der Waals surface area (Å²) in [7, 11) is 0. The fourth-order valence-corrected chi connectivity index (χ4v) is 3.26. The number of nitrogens with zero attached hydrogens (tertiary/aromatic N) is 1. The quantitative estimate of drug-likeness (QED) is 0.636. The lowest BCUT2D eigenvalue weighted by molar-refractivity contribution is -0.384. The van der Waals surface area contributed by atoms with Crippen molar-refractivity contribution in [3.8, 4) is 0 Å². The minimum Gasteiger partial charge on any atom is -0.478 e. The molecule has 1 heterocycles. The minimum atomic E-state index is -1.16. The second-order valence-corrected chi connectivity index (χ2v) is 5.55. The number of nitro groups is 1. The van der Waals surface area contributed by atoms with Crippen molar-refractivity contribution in [3.63, 3.8) is 0 Å². The SMILES string of the molecule is O=C(O)c1cc([N+](=O)[O-])ccc1NCC1CCSC1. The van der Waals surface area contributed by atoms with E-state index in [1.165, 1.54) is 12.1 Å². The highest BCUT2D eigenvalue weighted by Gasteiger charge is 2.18. The van der Waals surface area contributed by atoms with Gasteiger partial charge in [0.1, 0.15) is 0 Å². The molecular weight excluding hydrogens is 268 g/mol. The molecule has 0 radical (unpaired) electrons. The highest BCUT2D eigenvalue weighted by atomic mass is 32.2. The summed E-state index contributed by atoms with van der Waals surface area (Å²) in [6, 6.07) is 3.87. The van der Waals surface area contributed by atoms with Crippen molar-refractivity contribution >= 4 is 29.1 Å². The van der Waals surface area contributed by atoms with Gasteiger partial charge in [0.05, 0.1) is 10.5 Å². The number of carbonyl (C=O) groups is 1. The Kier molecular flexibility index (Phi) is 4.26. The van der Waals surface area contributed by atoms with Crippen LogP contribution < -0.4 is 5.32 Å². The van der Waals surface area contributed by atoms with E-state index in [-0.39, 0.29) is 11.3 Å². The van der Waals surface area contributed by atoms with Crippen molar-refractivity contribution < 1.29 is 14.8 Å². The van der Waals surface area contributed by atoms with Crippen LogP contribution in [0.1, 0.15) is 16.8 Å². The summed E-state index contributed by atoms with van der Waals surface area (Å²) in [5.74, 6) is 1.58. The van der Waals surface area contributed by atoms with Gasteiger partial charge in [0.25, 0.3) is 5.69 Å². The van der Waals surface area contributed by atoms with Crippen LogP contribution in [-0.2, 0) is 0 Å². The molecule has 19 heavy (non-hydrogen) atoms. The monoisotopic (exact) mass is 282 g/mol. The summed E-state index contributed by atoms with van der Waals surface area (Å²) in [5, 5.41) is 22.8. The number of rotatable bonds is 5. The van der Waals surface area contributed by atoms with Gasteiger partial charge in [-0.25, -0.2) is 4.79 Å². The third kappa shape index (κ3) is 3.37. The number of anilines is 1. The first-order valence-electron chi connectivity index (χ1n) is 5.91. The van der Waals surface area contributed by atoms with Gasteiger partial charge in [-0.15, -0.1) is 0 Å². The van der Waals surface area contributed by atoms with Crippen LogP contribution in [-0.4, -0.2) is 34.0 Å². The third-order valence-electron chi connectivity index (χ3n) is 3.05. The maximum absolute atomic E-state index is 11.1. The summed E-state index contributed by atoms with van der Waals surface area (Å²) in [6.45, 7) is 0.699. The molecule has 1 aliphatic rings. The summed E-state index contributed by atoms with van der Waals surface area (Å²) in [6.07, 6.45) is 1.12. The van der Waals surface area contributed by atoms with Gasteiger partial charge in [-0.05, 0) is 29.9 Å². The molecule has 1 aromatic rings. The van der Waals surface area contributed by atoms with Gasteiger partial charge in [-0.3, -0.25) is 10.1 Å². The largest absolute Gasteiger partial charge is 0.478 e. The van der Waals surface area contributed by atoms with Crippen LogP contribution in [0.15, 0.2) is 18.2 Å². The fraction of sp³-hybridized carbons (Fsp3) is 0.417. The molecule has 0 aromatic heterocycles. The zero-order valence-corrected chi connectivity index (χ0v) is 11.0. The van der Waals surface area contributed by atoms with Crippen molar-refractivity contribution in [1.82, 2.24) is 0 Å². The number of aromatic carboxylic acids is 1. The van der Waals surface area contributed by atoms with Crippen molar-refractivity contribution in [3.05, 3.63) is 33.9 Å². The number of nitro benzene ring substituents is 1. The van der Waals surface area contributed by atoms with Crippen LogP contribution in [0.4, 0.5) is 11.4 Å². The smallest absolute Gasteiger partial charge is 0.338 e. The standard InChI is InChI=1S/C12H14N2O4S/c15-12(16)10-5-9(14(17)18)1-2-11(10)13-6-8-3-4-19-7-8/h1-2,5,8,13H,3-4,6-7H2,(H,15,16). The molecule has 0 spiro atoms. The first-order valence-corrected chi connectivity index (χ1v) is 7.06. The van der Waals surface area contributed by atoms with E-state index in [9.17, 15) is 14.9 Å². The van der Waals surface area contributed by atoms with Crippen LogP contribution in [0.5, 0.6) is 0 Å². The highest BCUT2D eigenvalue weighted by molar-refractivity contribution is 7.99. The van der Waals surface area contributed by atoms with Crippen LogP contribution in [0.2, 0.25) is 0 Å². The zero-order chi connectivity index (χ0) is 13.8. The van der Waals surface area contributed by atoms with Crippen LogP contribution in [0, 0.1) is 16.0 Å². The Labute approximate surface area is 114 Å². The first kappa shape index (κ1) is 13.7. The number of carboxylic acids is 1. The molecule has 2 N–H and O–H groups in total. The normalized spacial score (nSPS) is 18.2. The molecule has 0 bridgehead atoms. The molecule has 0 aliphatic carbocycles. The van der Waals surface area contributed by atoms with Gasteiger partial charge in [0.2, 0.25) is 0 Å². The van der Waals surface area contributed by atoms with Crippen LogP contribution in [0.3, 0.4) is 0 Å². The van der Waals surface area contributed by atoms with E-state index in [2.05, 4.69) is 5.32 Å². The number of thioether (sulfide) groups is 1. The van der Waals surface area contributed by atoms with E-state index in [1.54, 1.807) is 0 Å². The van der Waals surface area contributed by atoms with Gasteiger partial charge in [0.15, 0.2) is 0 Å². The predicted octanol–water partition coefficient (Wildman–Crippen LogP) is 2.46. The van der Waals surface area contributed by atoms with E-state index in [4.69, 9.17) is 5.11 Å². The number of hydrogen-bond donors (Lipinski definition) is 2. The number of carboxylic acid groups (broad SMARTS) is 1. The third-order valence-corrected chi connectivity index (χ3v) is 4.28. The lowest BCUT2D eigenvalue weighted by Crippen LogP contribution is -2.15. The zero-order valence-electron chi connectivity index (χ0n) is 10.2. The summed E-state index contributed by atoms with van der Waals surface area (Å²) in [5.41, 5.74) is 0.175. The van der Waals surface area contributed by atoms with Gasteiger partial charge in [0, 0.05) is 24.4 Å². The molecule has 0 amide bonds. The molecule has 7 heteroatoms. The molecule has 1 atom stereocenters. The van der Waals surface area contributed by atoms with E-state index in [0.29, 0.717) is 18.2 Å². The molecule has 0 saturated carbocycles. The Morgan fingerprint density at radius 2 is 2.37 bits per heavy atom. The average molecular weight is 282 g/mol. The van der Waals surface area contributed by atoms with Crippen molar-refractivity contribution in [2.24, 2.45) is 5.92 Å². The summed E-state index contributed by atoms with van der Waals surface area (Å²) in [4.78, 5) is 21.2. The molecule has 1 fully saturated rings. The molecule has 1 saturated heterocycles. The molecule has 1 aromatic carbocycles. The molecule has 1 aliphatic heterocycles. The Balaban J connectivity index is 2.14. The van der Waals surface area contributed by atoms with Gasteiger partial charge < -0.3 is 10.4 Å². The average Bonchev–Trinajstić information content (AvgIpc) is 2.89. The van der Waals surface area contributed by atoms with E-state index in [1.807, 2.05) is 11.8 Å². The van der Waals surface area contributed by atoms with Crippen molar-refractivity contribution in [2.45, 2.75) is 6.42 Å². The molecule has 1 unspecified atom stereocenters. The molecular formula is C12H14N2O4S. The van der Waals surface area contributed by atoms with Crippen LogP contribution >= 0.6 is 11.8 Å². The van der Waals surface area contributed by atoms with E-state index in [0.717, 1.165) is 24.0 Å². The Bertz CT molecular complexity index is 501. The number of non-ortho nitro benzene ring substituents is 1. The van der Waals surface area contributed by atoms with Gasteiger partial charge in [-0.2, -0.15) is 11.8 Å². The minimum absolute atomic E-state index is 0.0557. The number of benzene rings is 1. The number of nitrogens with one attached hydrogen (secondary N) is 1. The van der Waals surface area contributed by atoms with E-state index >= 15 is 0 Å². The van der Waals surface area contributed by atoms with Gasteiger partial charge >= 0.3 is 5.97 Å². The van der Waals surface area contributed by atoms with Gasteiger partial charge in [-0.1, -0.05) is 0 Å². The Morgan fingerprint density at radius 3 is 2.95 bits per heavy atom. The molecule has 6 nitrogen and oxygen atoms in total. The maximum atomic E-state index is 11.1. The second kappa shape index (κ2) is 5.92. The van der Waals surface area contributed by atoms with E-state index < -0.39 is 10.9 Å². The lowest BCUT2D eigenvalue weighted by Gasteiger charge is -2.13. The van der Waals surface area contributed by atoms with Crippen molar-refractivity contribution in [2.75, 3.05) is 23.4 Å². The predicted molar refractivity (Wildman–Crippen MR) is 74.0 cm³/mol. The van der Waals surface area contributed by atoms with Crippen LogP contribution in [0.25, 0.3) is 0 Å².